The Labute approximate surface area is 123 Å². The molecular formula is C16H19NO2S. The first-order valence-electron chi connectivity index (χ1n) is 6.81. The molecule has 0 aliphatic heterocycles. The molecule has 0 aliphatic carbocycles. The number of ether oxygens (including phenoxy) is 1. The Bertz CT molecular complexity index is 520. The minimum Gasteiger partial charge on any atom is -0.494 e. The molecule has 106 valence electrons. The smallest absolute Gasteiger partial charge is 0.251 e. The predicted molar refractivity (Wildman–Crippen MR) is 82.3 cm³/mol. The lowest BCUT2D eigenvalue weighted by atomic mass is 10.2. The highest BCUT2D eigenvalue weighted by Gasteiger charge is 2.05. The summed E-state index contributed by atoms with van der Waals surface area (Å²) in [6, 6.07) is 9.29. The number of nitrogens with one attached hydrogen (secondary N) is 1. The van der Waals surface area contributed by atoms with E-state index in [-0.39, 0.29) is 5.91 Å². The SMILES string of the molecule is CCCCOc1ccc(C(=O)NCc2ccsc2)cc1. The van der Waals surface area contributed by atoms with Gasteiger partial charge in [-0.15, -0.1) is 0 Å². The third kappa shape index (κ3) is 4.38. The lowest BCUT2D eigenvalue weighted by Gasteiger charge is -2.07. The fourth-order valence-corrected chi connectivity index (χ4v) is 2.38. The van der Waals surface area contributed by atoms with Gasteiger partial charge >= 0.3 is 0 Å². The molecule has 0 saturated heterocycles. The second kappa shape index (κ2) is 7.70. The van der Waals surface area contributed by atoms with E-state index >= 15 is 0 Å². The van der Waals surface area contributed by atoms with Crippen molar-refractivity contribution in [3.8, 4) is 5.75 Å². The molecule has 1 heterocycles. The second-order valence-electron chi connectivity index (χ2n) is 4.54. The standard InChI is InChI=1S/C16H19NO2S/c1-2-3-9-19-15-6-4-14(5-7-15)16(18)17-11-13-8-10-20-12-13/h4-8,10,12H,2-3,9,11H2,1H3,(H,17,18). The van der Waals surface area contributed by atoms with Crippen molar-refractivity contribution in [2.75, 3.05) is 6.61 Å². The monoisotopic (exact) mass is 289 g/mol. The molecule has 0 aliphatic rings. The van der Waals surface area contributed by atoms with E-state index in [0.717, 1.165) is 30.8 Å². The summed E-state index contributed by atoms with van der Waals surface area (Å²) in [4.78, 5) is 12.0. The molecule has 2 aromatic rings. The van der Waals surface area contributed by atoms with E-state index in [1.807, 2.05) is 29.0 Å². The second-order valence-corrected chi connectivity index (χ2v) is 5.32. The van der Waals surface area contributed by atoms with Crippen LogP contribution < -0.4 is 10.1 Å². The lowest BCUT2D eigenvalue weighted by molar-refractivity contribution is 0.0951. The summed E-state index contributed by atoms with van der Waals surface area (Å²) in [6.45, 7) is 3.42. The van der Waals surface area contributed by atoms with Crippen molar-refractivity contribution in [2.24, 2.45) is 0 Å². The Balaban J connectivity index is 1.84. The minimum atomic E-state index is -0.0590. The average molecular weight is 289 g/mol. The van der Waals surface area contributed by atoms with Gasteiger partial charge in [0.1, 0.15) is 5.75 Å². The summed E-state index contributed by atoms with van der Waals surface area (Å²) in [5.74, 6) is 0.754. The van der Waals surface area contributed by atoms with Crippen LogP contribution >= 0.6 is 11.3 Å². The van der Waals surface area contributed by atoms with Gasteiger partial charge < -0.3 is 10.1 Å². The first kappa shape index (κ1) is 14.6. The van der Waals surface area contributed by atoms with Gasteiger partial charge in [0.05, 0.1) is 6.61 Å². The zero-order valence-electron chi connectivity index (χ0n) is 11.6. The van der Waals surface area contributed by atoms with Crippen LogP contribution in [0.15, 0.2) is 41.1 Å². The summed E-state index contributed by atoms with van der Waals surface area (Å²) >= 11 is 1.63. The number of hydrogen-bond donors (Lipinski definition) is 1. The molecule has 0 radical (unpaired) electrons. The fraction of sp³-hybridized carbons (Fsp3) is 0.312. The van der Waals surface area contributed by atoms with Gasteiger partial charge in [0.2, 0.25) is 0 Å². The van der Waals surface area contributed by atoms with Crippen LogP contribution in [0.5, 0.6) is 5.75 Å². The first-order chi connectivity index (χ1) is 9.79. The molecule has 3 nitrogen and oxygen atoms in total. The van der Waals surface area contributed by atoms with Gasteiger partial charge in [-0.1, -0.05) is 13.3 Å². The number of amides is 1. The highest BCUT2D eigenvalue weighted by Crippen LogP contribution is 2.13. The van der Waals surface area contributed by atoms with E-state index in [2.05, 4.69) is 12.2 Å². The third-order valence-corrected chi connectivity index (χ3v) is 3.65. The normalized spacial score (nSPS) is 10.2. The molecule has 1 aromatic heterocycles. The highest BCUT2D eigenvalue weighted by molar-refractivity contribution is 7.07. The van der Waals surface area contributed by atoms with Crippen molar-refractivity contribution in [3.63, 3.8) is 0 Å². The molecule has 1 N–H and O–H groups in total. The average Bonchev–Trinajstić information content (AvgIpc) is 2.99. The number of thiophene rings is 1. The van der Waals surface area contributed by atoms with E-state index < -0.39 is 0 Å². The van der Waals surface area contributed by atoms with Gasteiger partial charge in [-0.2, -0.15) is 11.3 Å². The van der Waals surface area contributed by atoms with Gasteiger partial charge in [0.25, 0.3) is 5.91 Å². The van der Waals surface area contributed by atoms with Crippen LogP contribution in [0.3, 0.4) is 0 Å². The number of rotatable bonds is 7. The Morgan fingerprint density at radius 2 is 2.05 bits per heavy atom. The molecule has 4 heteroatoms. The molecule has 0 spiro atoms. The first-order valence-corrected chi connectivity index (χ1v) is 7.76. The predicted octanol–water partition coefficient (Wildman–Crippen LogP) is 3.86. The maximum Gasteiger partial charge on any atom is 0.251 e. The molecular weight excluding hydrogens is 270 g/mol. The van der Waals surface area contributed by atoms with E-state index in [4.69, 9.17) is 4.74 Å². The van der Waals surface area contributed by atoms with Crippen molar-refractivity contribution in [1.82, 2.24) is 5.32 Å². The summed E-state index contributed by atoms with van der Waals surface area (Å²) in [7, 11) is 0. The molecule has 0 bridgehead atoms. The maximum atomic E-state index is 12.0. The zero-order chi connectivity index (χ0) is 14.2. The van der Waals surface area contributed by atoms with Crippen molar-refractivity contribution < 1.29 is 9.53 Å². The zero-order valence-corrected chi connectivity index (χ0v) is 12.4. The fourth-order valence-electron chi connectivity index (χ4n) is 1.71. The van der Waals surface area contributed by atoms with Gasteiger partial charge in [-0.3, -0.25) is 4.79 Å². The molecule has 0 unspecified atom stereocenters. The number of benzene rings is 1. The minimum absolute atomic E-state index is 0.0590. The third-order valence-electron chi connectivity index (χ3n) is 2.92. The van der Waals surface area contributed by atoms with Crippen molar-refractivity contribution in [1.29, 1.82) is 0 Å². The van der Waals surface area contributed by atoms with Gasteiger partial charge in [-0.05, 0) is 53.1 Å². The van der Waals surface area contributed by atoms with Crippen LogP contribution in [0.1, 0.15) is 35.7 Å². The van der Waals surface area contributed by atoms with Crippen molar-refractivity contribution in [3.05, 3.63) is 52.2 Å². The summed E-state index contributed by atoms with van der Waals surface area (Å²) in [5.41, 5.74) is 1.78. The Hall–Kier alpha value is -1.81. The Morgan fingerprint density at radius 1 is 1.25 bits per heavy atom. The molecule has 0 fully saturated rings. The Morgan fingerprint density at radius 3 is 2.70 bits per heavy atom. The number of unbranched alkanes of at least 4 members (excludes halogenated alkanes) is 1. The van der Waals surface area contributed by atoms with Crippen LogP contribution in [-0.2, 0) is 6.54 Å². The Kier molecular flexibility index (Phi) is 5.62. The molecule has 0 atom stereocenters. The topological polar surface area (TPSA) is 38.3 Å². The number of hydrogen-bond acceptors (Lipinski definition) is 3. The highest BCUT2D eigenvalue weighted by atomic mass is 32.1. The molecule has 1 aromatic carbocycles. The molecule has 20 heavy (non-hydrogen) atoms. The van der Waals surface area contributed by atoms with E-state index in [0.29, 0.717) is 12.1 Å². The number of carbonyl (C=O) groups excluding carboxylic acids is 1. The van der Waals surface area contributed by atoms with Crippen LogP contribution in [-0.4, -0.2) is 12.5 Å². The lowest BCUT2D eigenvalue weighted by Crippen LogP contribution is -2.22. The van der Waals surface area contributed by atoms with Crippen LogP contribution in [0, 0.1) is 0 Å². The molecule has 2 rings (SSSR count). The summed E-state index contributed by atoms with van der Waals surface area (Å²) < 4.78 is 5.57. The molecule has 0 saturated carbocycles. The van der Waals surface area contributed by atoms with Gasteiger partial charge in [-0.25, -0.2) is 0 Å². The van der Waals surface area contributed by atoms with Crippen molar-refractivity contribution >= 4 is 17.2 Å². The largest absolute Gasteiger partial charge is 0.494 e. The van der Waals surface area contributed by atoms with Crippen LogP contribution in [0.2, 0.25) is 0 Å². The van der Waals surface area contributed by atoms with E-state index in [9.17, 15) is 4.79 Å². The quantitative estimate of drug-likeness (QED) is 0.786. The van der Waals surface area contributed by atoms with Crippen LogP contribution in [0.4, 0.5) is 0 Å². The summed E-state index contributed by atoms with van der Waals surface area (Å²) in [5, 5.41) is 6.94. The van der Waals surface area contributed by atoms with Gasteiger partial charge in [0, 0.05) is 12.1 Å². The van der Waals surface area contributed by atoms with Crippen LogP contribution in [0.25, 0.3) is 0 Å². The van der Waals surface area contributed by atoms with E-state index in [1.54, 1.807) is 23.5 Å². The number of carbonyl (C=O) groups is 1. The van der Waals surface area contributed by atoms with Crippen molar-refractivity contribution in [2.45, 2.75) is 26.3 Å². The maximum absolute atomic E-state index is 12.0. The van der Waals surface area contributed by atoms with Gasteiger partial charge in [0.15, 0.2) is 0 Å². The molecule has 1 amide bonds. The summed E-state index contributed by atoms with van der Waals surface area (Å²) in [6.07, 6.45) is 2.16. The van der Waals surface area contributed by atoms with E-state index in [1.165, 1.54) is 0 Å².